The number of anilines is 2. The lowest BCUT2D eigenvalue weighted by atomic mass is 10.00. The van der Waals surface area contributed by atoms with Crippen molar-refractivity contribution in [2.75, 3.05) is 18.2 Å². The van der Waals surface area contributed by atoms with Gasteiger partial charge in [-0.05, 0) is 37.2 Å². The fraction of sp³-hybridized carbons (Fsp3) is 0.727. The molecule has 1 heterocycles. The molecule has 0 saturated heterocycles. The molecule has 2 rings (SSSR count). The molecule has 1 unspecified atom stereocenters. The van der Waals surface area contributed by atoms with E-state index in [2.05, 4.69) is 16.6 Å². The number of hydrogen-bond donors (Lipinski definition) is 2. The highest BCUT2D eigenvalue weighted by atomic mass is 32.1. The van der Waals surface area contributed by atoms with E-state index in [1.165, 1.54) is 37.2 Å². The molecule has 1 aliphatic carbocycles. The maximum absolute atomic E-state index is 5.72. The van der Waals surface area contributed by atoms with E-state index in [1.54, 1.807) is 7.11 Å². The molecule has 1 aromatic rings. The van der Waals surface area contributed by atoms with E-state index < -0.39 is 0 Å². The van der Waals surface area contributed by atoms with Crippen LogP contribution in [-0.2, 0) is 0 Å². The second-order valence-corrected chi connectivity index (χ2v) is 5.18. The third kappa shape index (κ3) is 2.24. The molecule has 16 heavy (non-hydrogen) atoms. The van der Waals surface area contributed by atoms with Gasteiger partial charge in [0.25, 0.3) is 0 Å². The molecule has 1 aromatic heterocycles. The summed E-state index contributed by atoms with van der Waals surface area (Å²) in [5.41, 5.74) is 5.72. The Morgan fingerprint density at radius 3 is 2.81 bits per heavy atom. The molecule has 3 N–H and O–H groups in total. The summed E-state index contributed by atoms with van der Waals surface area (Å²) in [5, 5.41) is 4.43. The number of ether oxygens (including phenoxy) is 1. The van der Waals surface area contributed by atoms with Gasteiger partial charge in [0.15, 0.2) is 16.6 Å². The lowest BCUT2D eigenvalue weighted by Crippen LogP contribution is -2.23. The quantitative estimate of drug-likeness (QED) is 0.851. The average Bonchev–Trinajstić information content (AvgIpc) is 2.88. The minimum atomic E-state index is 0.469. The third-order valence-electron chi connectivity index (χ3n) is 3.34. The normalized spacial score (nSPS) is 18.6. The van der Waals surface area contributed by atoms with Gasteiger partial charge in [0.2, 0.25) is 0 Å². The van der Waals surface area contributed by atoms with Crippen LogP contribution < -0.4 is 15.8 Å². The fourth-order valence-electron chi connectivity index (χ4n) is 2.37. The van der Waals surface area contributed by atoms with Crippen molar-refractivity contribution in [2.45, 2.75) is 38.6 Å². The van der Waals surface area contributed by atoms with Crippen molar-refractivity contribution >= 4 is 22.4 Å². The van der Waals surface area contributed by atoms with Crippen LogP contribution in [0, 0.1) is 5.92 Å². The monoisotopic (exact) mass is 241 g/mol. The van der Waals surface area contributed by atoms with Gasteiger partial charge in [-0.25, -0.2) is 0 Å². The zero-order valence-corrected chi connectivity index (χ0v) is 10.6. The van der Waals surface area contributed by atoms with Crippen LogP contribution in [0.2, 0.25) is 0 Å². The number of nitrogens with two attached hydrogens (primary N) is 1. The molecule has 1 atom stereocenters. The Kier molecular flexibility index (Phi) is 3.53. The SMILES string of the molecule is COc1c(N)nsc1NC(C)C1CCCC1. The summed E-state index contributed by atoms with van der Waals surface area (Å²) < 4.78 is 9.34. The van der Waals surface area contributed by atoms with Gasteiger partial charge in [0.1, 0.15) is 0 Å². The van der Waals surface area contributed by atoms with E-state index in [4.69, 9.17) is 10.5 Å². The zero-order valence-electron chi connectivity index (χ0n) is 9.82. The minimum absolute atomic E-state index is 0.469. The number of nitrogens with one attached hydrogen (secondary N) is 1. The Morgan fingerprint density at radius 1 is 1.50 bits per heavy atom. The number of methoxy groups -OCH3 is 1. The molecule has 1 saturated carbocycles. The molecule has 1 fully saturated rings. The van der Waals surface area contributed by atoms with Gasteiger partial charge < -0.3 is 15.8 Å². The summed E-state index contributed by atoms with van der Waals surface area (Å²) in [4.78, 5) is 0. The number of hydrogen-bond acceptors (Lipinski definition) is 5. The summed E-state index contributed by atoms with van der Waals surface area (Å²) in [7, 11) is 1.63. The lowest BCUT2D eigenvalue weighted by Gasteiger charge is -2.20. The Bertz CT molecular complexity index is 347. The van der Waals surface area contributed by atoms with E-state index >= 15 is 0 Å². The summed E-state index contributed by atoms with van der Waals surface area (Å²) >= 11 is 1.38. The Labute approximate surface area is 100 Å². The number of nitrogens with zero attached hydrogens (tertiary/aromatic N) is 1. The number of rotatable bonds is 4. The van der Waals surface area contributed by atoms with E-state index in [0.717, 1.165) is 10.9 Å². The molecule has 90 valence electrons. The second-order valence-electron chi connectivity index (χ2n) is 4.41. The summed E-state index contributed by atoms with van der Waals surface area (Å²) in [6.07, 6.45) is 5.37. The molecule has 0 aromatic carbocycles. The predicted molar refractivity (Wildman–Crippen MR) is 68.1 cm³/mol. The van der Waals surface area contributed by atoms with Gasteiger partial charge in [0.05, 0.1) is 7.11 Å². The molecule has 0 spiro atoms. The van der Waals surface area contributed by atoms with Gasteiger partial charge in [-0.2, -0.15) is 4.37 Å². The Balaban J connectivity index is 2.02. The molecular weight excluding hydrogens is 222 g/mol. The molecule has 0 radical (unpaired) electrons. The van der Waals surface area contributed by atoms with E-state index in [1.807, 2.05) is 0 Å². The first-order chi connectivity index (χ1) is 7.72. The van der Waals surface area contributed by atoms with Crippen LogP contribution in [0.4, 0.5) is 10.8 Å². The van der Waals surface area contributed by atoms with Gasteiger partial charge in [-0.15, -0.1) is 0 Å². The van der Waals surface area contributed by atoms with Crippen LogP contribution in [0.1, 0.15) is 32.6 Å². The van der Waals surface area contributed by atoms with Crippen molar-refractivity contribution in [3.05, 3.63) is 0 Å². The van der Waals surface area contributed by atoms with Crippen LogP contribution in [-0.4, -0.2) is 17.5 Å². The molecule has 5 heteroatoms. The maximum Gasteiger partial charge on any atom is 0.197 e. The van der Waals surface area contributed by atoms with Gasteiger partial charge >= 0.3 is 0 Å². The van der Waals surface area contributed by atoms with Crippen LogP contribution in [0.3, 0.4) is 0 Å². The number of aromatic nitrogens is 1. The summed E-state index contributed by atoms with van der Waals surface area (Å²) in [5.74, 6) is 1.94. The van der Waals surface area contributed by atoms with E-state index in [-0.39, 0.29) is 0 Å². The molecule has 0 aliphatic heterocycles. The maximum atomic E-state index is 5.72. The van der Waals surface area contributed by atoms with Gasteiger partial charge in [-0.3, -0.25) is 0 Å². The van der Waals surface area contributed by atoms with Gasteiger partial charge in [0, 0.05) is 6.04 Å². The lowest BCUT2D eigenvalue weighted by molar-refractivity contribution is 0.417. The first kappa shape index (κ1) is 11.5. The standard InChI is InChI=1S/C11H19N3OS/c1-7(8-5-3-4-6-8)13-11-9(15-2)10(12)14-16-11/h7-8,13H,3-6H2,1-2H3,(H2,12,14). The second kappa shape index (κ2) is 4.91. The highest BCUT2D eigenvalue weighted by Gasteiger charge is 2.23. The van der Waals surface area contributed by atoms with Crippen LogP contribution >= 0.6 is 11.5 Å². The summed E-state index contributed by atoms with van der Waals surface area (Å²) in [6.45, 7) is 2.23. The Morgan fingerprint density at radius 2 is 2.19 bits per heavy atom. The summed E-state index contributed by atoms with van der Waals surface area (Å²) in [6, 6.07) is 0.469. The first-order valence-corrected chi connectivity index (χ1v) is 6.55. The highest BCUT2D eigenvalue weighted by molar-refractivity contribution is 7.11. The molecule has 1 aliphatic rings. The predicted octanol–water partition coefficient (Wildman–Crippen LogP) is 2.72. The molecule has 4 nitrogen and oxygen atoms in total. The Hall–Kier alpha value is -0.970. The van der Waals surface area contributed by atoms with Crippen molar-refractivity contribution in [1.82, 2.24) is 4.37 Å². The number of nitrogen functional groups attached to an aromatic ring is 1. The van der Waals surface area contributed by atoms with Crippen molar-refractivity contribution in [1.29, 1.82) is 0 Å². The van der Waals surface area contributed by atoms with Crippen molar-refractivity contribution in [2.24, 2.45) is 5.92 Å². The zero-order chi connectivity index (χ0) is 11.5. The molecule has 0 amide bonds. The fourth-order valence-corrected chi connectivity index (χ4v) is 3.15. The third-order valence-corrected chi connectivity index (χ3v) is 4.12. The highest BCUT2D eigenvalue weighted by Crippen LogP contribution is 2.37. The molecular formula is C11H19N3OS. The van der Waals surface area contributed by atoms with E-state index in [9.17, 15) is 0 Å². The topological polar surface area (TPSA) is 60.2 Å². The van der Waals surface area contributed by atoms with E-state index in [0.29, 0.717) is 17.6 Å². The molecule has 0 bridgehead atoms. The first-order valence-electron chi connectivity index (χ1n) is 5.78. The van der Waals surface area contributed by atoms with Crippen molar-refractivity contribution in [3.8, 4) is 5.75 Å². The van der Waals surface area contributed by atoms with Gasteiger partial charge in [-0.1, -0.05) is 12.8 Å². The average molecular weight is 241 g/mol. The van der Waals surface area contributed by atoms with Crippen LogP contribution in [0.25, 0.3) is 0 Å². The smallest absolute Gasteiger partial charge is 0.197 e. The minimum Gasteiger partial charge on any atom is -0.490 e. The van der Waals surface area contributed by atoms with Crippen molar-refractivity contribution < 1.29 is 4.74 Å². The van der Waals surface area contributed by atoms with Crippen LogP contribution in [0.15, 0.2) is 0 Å². The van der Waals surface area contributed by atoms with Crippen molar-refractivity contribution in [3.63, 3.8) is 0 Å². The van der Waals surface area contributed by atoms with Crippen LogP contribution in [0.5, 0.6) is 5.75 Å². The largest absolute Gasteiger partial charge is 0.490 e.